The van der Waals surface area contributed by atoms with Gasteiger partial charge in [-0.15, -0.1) is 0 Å². The molecule has 1 saturated heterocycles. The lowest BCUT2D eigenvalue weighted by molar-refractivity contribution is 0.296. The Kier molecular flexibility index (Phi) is 4.79. The van der Waals surface area contributed by atoms with Gasteiger partial charge in [0.2, 0.25) is 0 Å². The maximum absolute atomic E-state index is 11.2. The van der Waals surface area contributed by atoms with Crippen LogP contribution in [-0.4, -0.2) is 38.2 Å². The minimum Gasteiger partial charge on any atom is -0.471 e. The van der Waals surface area contributed by atoms with Crippen molar-refractivity contribution in [2.75, 3.05) is 24.7 Å². The Morgan fingerprint density at radius 2 is 2.33 bits per heavy atom. The van der Waals surface area contributed by atoms with Crippen molar-refractivity contribution in [2.45, 2.75) is 19.8 Å². The molecule has 0 spiro atoms. The van der Waals surface area contributed by atoms with E-state index in [1.54, 1.807) is 0 Å². The van der Waals surface area contributed by atoms with E-state index in [0.717, 1.165) is 12.8 Å². The third-order valence-corrected chi connectivity index (χ3v) is 4.40. The molecule has 1 aliphatic heterocycles. The summed E-state index contributed by atoms with van der Waals surface area (Å²) in [5, 5.41) is 3.32. The Morgan fingerprint density at radius 1 is 1.60 bits per heavy atom. The van der Waals surface area contributed by atoms with Gasteiger partial charge in [-0.25, -0.2) is 8.42 Å². The maximum Gasteiger partial charge on any atom is 0.256 e. The molecule has 1 heterocycles. The summed E-state index contributed by atoms with van der Waals surface area (Å²) < 4.78 is 27.5. The van der Waals surface area contributed by atoms with E-state index in [1.165, 1.54) is 0 Å². The summed E-state index contributed by atoms with van der Waals surface area (Å²) in [6, 6.07) is 0. The van der Waals surface area contributed by atoms with Crippen LogP contribution in [0.1, 0.15) is 19.8 Å². The van der Waals surface area contributed by atoms with Crippen LogP contribution in [0.4, 0.5) is 0 Å². The molecule has 88 valence electrons. The van der Waals surface area contributed by atoms with Crippen molar-refractivity contribution in [1.82, 2.24) is 5.32 Å². The highest BCUT2D eigenvalue weighted by Crippen LogP contribution is 2.17. The minimum atomic E-state index is -2.78. The first-order valence-electron chi connectivity index (χ1n) is 5.14. The Morgan fingerprint density at radius 3 is 2.87 bits per heavy atom. The molecule has 6 heteroatoms. The van der Waals surface area contributed by atoms with Crippen LogP contribution in [0.2, 0.25) is 0 Å². The Balaban J connectivity index is 2.18. The smallest absolute Gasteiger partial charge is 0.256 e. The molecule has 0 aromatic heterocycles. The highest BCUT2D eigenvalue weighted by Gasteiger charge is 2.27. The van der Waals surface area contributed by atoms with Gasteiger partial charge in [0.25, 0.3) is 5.17 Å². The molecular formula is C9H17NO3S2. The number of thiocarbonyl (C=S) groups is 1. The van der Waals surface area contributed by atoms with E-state index in [1.807, 2.05) is 6.92 Å². The second-order valence-electron chi connectivity index (χ2n) is 3.79. The van der Waals surface area contributed by atoms with E-state index in [-0.39, 0.29) is 11.7 Å². The van der Waals surface area contributed by atoms with E-state index in [0.29, 0.717) is 24.1 Å². The van der Waals surface area contributed by atoms with Gasteiger partial charge >= 0.3 is 0 Å². The van der Waals surface area contributed by atoms with Gasteiger partial charge < -0.3 is 10.1 Å². The van der Waals surface area contributed by atoms with E-state index < -0.39 is 9.84 Å². The fraction of sp³-hybridized carbons (Fsp3) is 0.889. The fourth-order valence-corrected chi connectivity index (χ4v) is 3.53. The topological polar surface area (TPSA) is 55.4 Å². The molecular weight excluding hydrogens is 234 g/mol. The molecule has 1 unspecified atom stereocenters. The van der Waals surface area contributed by atoms with Crippen molar-refractivity contribution in [3.63, 3.8) is 0 Å². The van der Waals surface area contributed by atoms with Crippen molar-refractivity contribution in [3.05, 3.63) is 0 Å². The van der Waals surface area contributed by atoms with E-state index in [2.05, 4.69) is 5.32 Å². The average Bonchev–Trinajstić information content (AvgIpc) is 2.52. The summed E-state index contributed by atoms with van der Waals surface area (Å²) >= 11 is 4.93. The Bertz CT molecular complexity index is 313. The quantitative estimate of drug-likeness (QED) is 0.746. The monoisotopic (exact) mass is 251 g/mol. The first-order chi connectivity index (χ1) is 7.03. The van der Waals surface area contributed by atoms with Crippen molar-refractivity contribution in [3.8, 4) is 0 Å². The van der Waals surface area contributed by atoms with Crippen molar-refractivity contribution in [1.29, 1.82) is 0 Å². The number of hydrogen-bond donors (Lipinski definition) is 1. The molecule has 0 aromatic carbocycles. The second kappa shape index (κ2) is 5.65. The van der Waals surface area contributed by atoms with Crippen LogP contribution >= 0.6 is 12.2 Å². The summed E-state index contributed by atoms with van der Waals surface area (Å²) in [5.74, 6) is 0.761. The molecule has 0 bridgehead atoms. The zero-order valence-corrected chi connectivity index (χ0v) is 10.5. The van der Waals surface area contributed by atoms with Crippen LogP contribution in [0, 0.1) is 5.92 Å². The maximum atomic E-state index is 11.2. The van der Waals surface area contributed by atoms with Gasteiger partial charge in [-0.2, -0.15) is 0 Å². The minimum absolute atomic E-state index is 0.179. The Hall–Kier alpha value is -0.360. The predicted molar refractivity (Wildman–Crippen MR) is 63.6 cm³/mol. The van der Waals surface area contributed by atoms with Crippen LogP contribution in [0.3, 0.4) is 0 Å². The first kappa shape index (κ1) is 12.7. The van der Waals surface area contributed by atoms with Gasteiger partial charge in [0.1, 0.15) is 0 Å². The molecule has 1 aliphatic rings. The highest BCUT2D eigenvalue weighted by atomic mass is 32.2. The van der Waals surface area contributed by atoms with Crippen molar-refractivity contribution < 1.29 is 13.2 Å². The lowest BCUT2D eigenvalue weighted by atomic mass is 10.1. The molecule has 0 saturated carbocycles. The third kappa shape index (κ3) is 4.79. The zero-order valence-electron chi connectivity index (χ0n) is 8.86. The summed E-state index contributed by atoms with van der Waals surface area (Å²) in [4.78, 5) is 0. The SMILES string of the molecule is CCCOC(=S)NCC1CCS(=O)(=O)C1. The molecule has 4 nitrogen and oxygen atoms in total. The molecule has 0 aromatic rings. The predicted octanol–water partition coefficient (Wildman–Crippen LogP) is 0.722. The van der Waals surface area contributed by atoms with Crippen molar-refractivity contribution >= 4 is 27.2 Å². The second-order valence-corrected chi connectivity index (χ2v) is 6.39. The molecule has 1 rings (SSSR count). The van der Waals surface area contributed by atoms with Gasteiger partial charge in [-0.3, -0.25) is 0 Å². The molecule has 1 atom stereocenters. The lowest BCUT2D eigenvalue weighted by Gasteiger charge is -2.11. The molecule has 0 amide bonds. The van der Waals surface area contributed by atoms with Gasteiger partial charge in [0, 0.05) is 6.54 Å². The van der Waals surface area contributed by atoms with Crippen LogP contribution in [0.5, 0.6) is 0 Å². The van der Waals surface area contributed by atoms with E-state index >= 15 is 0 Å². The first-order valence-corrected chi connectivity index (χ1v) is 7.37. The van der Waals surface area contributed by atoms with E-state index in [9.17, 15) is 8.42 Å². The van der Waals surface area contributed by atoms with Gasteiger partial charge in [-0.1, -0.05) is 6.92 Å². The highest BCUT2D eigenvalue weighted by molar-refractivity contribution is 7.91. The van der Waals surface area contributed by atoms with E-state index in [4.69, 9.17) is 17.0 Å². The average molecular weight is 251 g/mol. The largest absolute Gasteiger partial charge is 0.471 e. The zero-order chi connectivity index (χ0) is 11.3. The van der Waals surface area contributed by atoms with Crippen molar-refractivity contribution in [2.24, 2.45) is 5.92 Å². The fourth-order valence-electron chi connectivity index (χ4n) is 1.51. The molecule has 1 N–H and O–H groups in total. The van der Waals surface area contributed by atoms with Gasteiger partial charge in [-0.05, 0) is 31.0 Å². The lowest BCUT2D eigenvalue weighted by Crippen LogP contribution is -2.30. The van der Waals surface area contributed by atoms with Crippen LogP contribution in [0.15, 0.2) is 0 Å². The van der Waals surface area contributed by atoms with Crippen LogP contribution in [0.25, 0.3) is 0 Å². The number of sulfone groups is 1. The summed E-state index contributed by atoms with van der Waals surface area (Å²) in [6.45, 7) is 3.21. The number of ether oxygens (including phenoxy) is 1. The van der Waals surface area contributed by atoms with Gasteiger partial charge in [0.15, 0.2) is 9.84 Å². The summed E-state index contributed by atoms with van der Waals surface area (Å²) in [5.41, 5.74) is 0. The standard InChI is InChI=1S/C9H17NO3S2/c1-2-4-13-9(14)10-6-8-3-5-15(11,12)7-8/h8H,2-7H2,1H3,(H,10,14). The third-order valence-electron chi connectivity index (χ3n) is 2.30. The van der Waals surface area contributed by atoms with Crippen LogP contribution in [-0.2, 0) is 14.6 Å². The summed E-state index contributed by atoms with van der Waals surface area (Å²) in [6.07, 6.45) is 1.64. The van der Waals surface area contributed by atoms with Gasteiger partial charge in [0.05, 0.1) is 18.1 Å². The normalized spacial score (nSPS) is 23.7. The Labute approximate surface area is 96.3 Å². The number of nitrogens with one attached hydrogen (secondary N) is 1. The molecule has 15 heavy (non-hydrogen) atoms. The molecule has 0 aliphatic carbocycles. The molecule has 1 fully saturated rings. The molecule has 0 radical (unpaired) electrons. The van der Waals surface area contributed by atoms with Crippen LogP contribution < -0.4 is 5.32 Å². The number of hydrogen-bond acceptors (Lipinski definition) is 4. The summed E-state index contributed by atoms with van der Waals surface area (Å²) in [7, 11) is -2.78. The number of rotatable bonds is 4.